The van der Waals surface area contributed by atoms with Crippen molar-refractivity contribution in [1.29, 1.82) is 0 Å². The van der Waals surface area contributed by atoms with Gasteiger partial charge in [0.1, 0.15) is 17.6 Å². The first-order valence-electron chi connectivity index (χ1n) is 14.9. The van der Waals surface area contributed by atoms with Gasteiger partial charge in [0, 0.05) is 28.7 Å². The van der Waals surface area contributed by atoms with Crippen molar-refractivity contribution >= 4 is 35.4 Å². The van der Waals surface area contributed by atoms with Gasteiger partial charge in [0.2, 0.25) is 11.1 Å². The summed E-state index contributed by atoms with van der Waals surface area (Å²) in [6.45, 7) is 12.4. The number of nitrogens with zero attached hydrogens (tertiary/aromatic N) is 3. The third kappa shape index (κ3) is 5.08. The molecule has 232 valence electrons. The van der Waals surface area contributed by atoms with Crippen molar-refractivity contribution in [3.05, 3.63) is 42.5 Å². The van der Waals surface area contributed by atoms with Crippen LogP contribution in [0.4, 0.5) is 5.95 Å². The summed E-state index contributed by atoms with van der Waals surface area (Å²) >= 11 is 1.02. The second-order valence-corrected chi connectivity index (χ2v) is 14.0. The normalized spacial score (nSPS) is 35.4. The fourth-order valence-electron chi connectivity index (χ4n) is 8.19. The number of rotatable bonds is 7. The highest BCUT2D eigenvalue weighted by Gasteiger charge is 2.68. The lowest BCUT2D eigenvalue weighted by molar-refractivity contribution is -0.205. The zero-order valence-corrected chi connectivity index (χ0v) is 26.4. The van der Waals surface area contributed by atoms with Crippen LogP contribution in [0, 0.1) is 34.0 Å². The number of aliphatic hydroxyl groups is 1. The van der Waals surface area contributed by atoms with Crippen LogP contribution in [0.25, 0.3) is 0 Å². The van der Waals surface area contributed by atoms with E-state index in [0.717, 1.165) is 35.7 Å². The van der Waals surface area contributed by atoms with Gasteiger partial charge in [0.15, 0.2) is 0 Å². The van der Waals surface area contributed by atoms with Crippen LogP contribution < -0.4 is 10.5 Å². The zero-order valence-electron chi connectivity index (χ0n) is 25.5. The van der Waals surface area contributed by atoms with E-state index in [1.54, 1.807) is 30.3 Å². The fourth-order valence-corrected chi connectivity index (χ4v) is 8.80. The largest absolute Gasteiger partial charge is 0.497 e. The van der Waals surface area contributed by atoms with E-state index in [-0.39, 0.29) is 45.8 Å². The summed E-state index contributed by atoms with van der Waals surface area (Å²) in [5, 5.41) is 16.1. The molecule has 1 heterocycles. The molecule has 3 aliphatic carbocycles. The van der Waals surface area contributed by atoms with Crippen molar-refractivity contribution in [3.63, 3.8) is 0 Å². The number of nitrogens with two attached hydrogens (primary N) is 1. The number of ketones is 1. The first-order chi connectivity index (χ1) is 20.3. The van der Waals surface area contributed by atoms with Crippen molar-refractivity contribution in [2.75, 3.05) is 18.6 Å². The number of nitrogen functional groups attached to an aromatic ring is 1. The maximum atomic E-state index is 13.6. The summed E-state index contributed by atoms with van der Waals surface area (Å²) in [6.07, 6.45) is 3.78. The molecule has 0 spiro atoms. The van der Waals surface area contributed by atoms with E-state index in [9.17, 15) is 19.5 Å². The van der Waals surface area contributed by atoms with E-state index in [2.05, 4.69) is 37.4 Å². The molecule has 11 heteroatoms. The Hall–Kier alpha value is -3.18. The Morgan fingerprint density at radius 3 is 2.58 bits per heavy atom. The molecule has 2 aromatic rings. The summed E-state index contributed by atoms with van der Waals surface area (Å²) in [7, 11) is 1.54. The lowest BCUT2D eigenvalue weighted by atomic mass is 9.44. The van der Waals surface area contributed by atoms with Crippen molar-refractivity contribution in [2.24, 2.45) is 34.0 Å². The van der Waals surface area contributed by atoms with Crippen LogP contribution in [0.15, 0.2) is 42.1 Å². The van der Waals surface area contributed by atoms with E-state index in [0.29, 0.717) is 24.2 Å². The topological polar surface area (TPSA) is 147 Å². The SMILES string of the molecule is C=C[C@]1(C)C[C@@H](OC(=O)CSc2nc(N)n(C(=O)c3ccc(OC)cc3)n2)[C@]2(C)[C@H](C)CC[C@]3(CCC(=O)[C@H]32)[C@@H](C)[C@@H]1O. The molecule has 0 amide bonds. The highest BCUT2D eigenvalue weighted by Crippen LogP contribution is 2.68. The number of esters is 1. The van der Waals surface area contributed by atoms with Gasteiger partial charge in [-0.05, 0) is 67.2 Å². The molecule has 2 bridgehead atoms. The number of Topliss-reactive ketones (excluding diaryl/α,β-unsaturated/α-hetero) is 1. The lowest BCUT2D eigenvalue weighted by Gasteiger charge is -2.61. The van der Waals surface area contributed by atoms with Gasteiger partial charge in [-0.25, -0.2) is 0 Å². The minimum atomic E-state index is -0.730. The standard InChI is InChI=1S/C32H42N4O6S/c1-7-30(4)16-23(31(5)18(2)12-14-32(19(3)26(30)39)15-13-22(37)25(31)32)42-24(38)17-43-29-34-28(33)36(35-29)27(40)20-8-10-21(41-6)11-9-20/h7-11,18-19,23,25-26,39H,1,12-17H2,2-6H3,(H2,33,34,35)/t18-,19+,23-,25+,26+,30-,31+,32+/m1/s1. The maximum absolute atomic E-state index is 13.6. The van der Waals surface area contributed by atoms with Gasteiger partial charge in [0.05, 0.1) is 19.0 Å². The van der Waals surface area contributed by atoms with Crippen molar-refractivity contribution in [2.45, 2.75) is 77.2 Å². The van der Waals surface area contributed by atoms with Crippen molar-refractivity contribution < 1.29 is 29.0 Å². The Morgan fingerprint density at radius 2 is 1.93 bits per heavy atom. The van der Waals surface area contributed by atoms with Gasteiger partial charge in [0.25, 0.3) is 5.91 Å². The molecule has 3 saturated carbocycles. The van der Waals surface area contributed by atoms with Crippen LogP contribution in [0.1, 0.15) is 70.2 Å². The molecule has 5 rings (SSSR count). The summed E-state index contributed by atoms with van der Waals surface area (Å²) in [5.74, 6) is -0.608. The molecule has 3 fully saturated rings. The quantitative estimate of drug-likeness (QED) is 0.260. The number of aromatic nitrogens is 3. The molecule has 10 nitrogen and oxygen atoms in total. The first kappa shape index (κ1) is 31.3. The van der Waals surface area contributed by atoms with Gasteiger partial charge in [-0.1, -0.05) is 45.5 Å². The minimum absolute atomic E-state index is 0.0961. The smallest absolute Gasteiger partial charge is 0.316 e. The molecule has 0 saturated heterocycles. The average Bonchev–Trinajstić information content (AvgIpc) is 3.56. The van der Waals surface area contributed by atoms with Crippen LogP contribution in [0.2, 0.25) is 0 Å². The highest BCUT2D eigenvalue weighted by atomic mass is 32.2. The third-order valence-electron chi connectivity index (χ3n) is 11.0. The zero-order chi connectivity index (χ0) is 31.3. The first-order valence-corrected chi connectivity index (χ1v) is 15.9. The van der Waals surface area contributed by atoms with Crippen LogP contribution in [-0.2, 0) is 14.3 Å². The predicted octanol–water partition coefficient (Wildman–Crippen LogP) is 4.56. The van der Waals surface area contributed by atoms with E-state index in [1.165, 1.54) is 7.11 Å². The molecule has 43 heavy (non-hydrogen) atoms. The van der Waals surface area contributed by atoms with Gasteiger partial charge >= 0.3 is 5.97 Å². The second kappa shape index (κ2) is 11.4. The minimum Gasteiger partial charge on any atom is -0.497 e. The molecule has 3 aliphatic rings. The monoisotopic (exact) mass is 610 g/mol. The number of benzene rings is 1. The molecular weight excluding hydrogens is 568 g/mol. The molecule has 8 atom stereocenters. The van der Waals surface area contributed by atoms with Crippen molar-refractivity contribution in [3.8, 4) is 5.75 Å². The van der Waals surface area contributed by atoms with Gasteiger partial charge in [-0.15, -0.1) is 11.7 Å². The molecule has 0 unspecified atom stereocenters. The molecule has 1 aromatic carbocycles. The number of methoxy groups -OCH3 is 1. The summed E-state index contributed by atoms with van der Waals surface area (Å²) in [5.41, 5.74) is 4.70. The third-order valence-corrected chi connectivity index (χ3v) is 11.8. The maximum Gasteiger partial charge on any atom is 0.316 e. The Labute approximate surface area is 256 Å². The fraction of sp³-hybridized carbons (Fsp3) is 0.594. The number of ether oxygens (including phenoxy) is 2. The molecule has 0 aliphatic heterocycles. The Balaban J connectivity index is 1.37. The Morgan fingerprint density at radius 1 is 1.23 bits per heavy atom. The number of carbonyl (C=O) groups excluding carboxylic acids is 3. The number of thioether (sulfide) groups is 1. The van der Waals surface area contributed by atoms with Gasteiger partial charge in [-0.2, -0.15) is 9.67 Å². The molecule has 1 aromatic heterocycles. The lowest BCUT2D eigenvalue weighted by Crippen LogP contribution is -2.63. The molecule has 0 radical (unpaired) electrons. The van der Waals surface area contributed by atoms with E-state index >= 15 is 0 Å². The van der Waals surface area contributed by atoms with Crippen LogP contribution in [0.5, 0.6) is 5.75 Å². The number of hydrogen-bond donors (Lipinski definition) is 2. The summed E-state index contributed by atoms with van der Waals surface area (Å²) < 4.78 is 12.4. The van der Waals surface area contributed by atoms with Crippen LogP contribution >= 0.6 is 11.8 Å². The molecule has 3 N–H and O–H groups in total. The number of aliphatic hydroxyl groups excluding tert-OH is 1. The Kier molecular flexibility index (Phi) is 8.28. The van der Waals surface area contributed by atoms with E-state index in [1.807, 2.05) is 6.92 Å². The van der Waals surface area contributed by atoms with Gasteiger partial charge in [-0.3, -0.25) is 14.4 Å². The summed E-state index contributed by atoms with van der Waals surface area (Å²) in [4.78, 5) is 44.1. The Bertz CT molecular complexity index is 1430. The summed E-state index contributed by atoms with van der Waals surface area (Å²) in [6, 6.07) is 6.53. The van der Waals surface area contributed by atoms with Crippen LogP contribution in [-0.4, -0.2) is 62.6 Å². The number of hydrogen-bond acceptors (Lipinski definition) is 10. The second-order valence-electron chi connectivity index (χ2n) is 13.1. The van der Waals surface area contributed by atoms with E-state index < -0.39 is 34.9 Å². The molecular formula is C32H42N4O6S. The predicted molar refractivity (Wildman–Crippen MR) is 163 cm³/mol. The number of anilines is 1. The van der Waals surface area contributed by atoms with Gasteiger partial charge < -0.3 is 20.3 Å². The van der Waals surface area contributed by atoms with Crippen molar-refractivity contribution in [1.82, 2.24) is 14.8 Å². The number of carbonyl (C=O) groups is 3. The van der Waals surface area contributed by atoms with E-state index in [4.69, 9.17) is 15.2 Å². The average molecular weight is 611 g/mol. The van der Waals surface area contributed by atoms with Crippen LogP contribution in [0.3, 0.4) is 0 Å². The highest BCUT2D eigenvalue weighted by molar-refractivity contribution is 7.99.